The third-order valence-corrected chi connectivity index (χ3v) is 6.01. The van der Waals surface area contributed by atoms with Crippen molar-refractivity contribution in [2.24, 2.45) is 0 Å². The number of anilines is 1. The van der Waals surface area contributed by atoms with Gasteiger partial charge in [0.1, 0.15) is 0 Å². The Morgan fingerprint density at radius 3 is 2.34 bits per heavy atom. The molecule has 0 bridgehead atoms. The van der Waals surface area contributed by atoms with Crippen LogP contribution >= 0.6 is 11.6 Å². The molecule has 0 amide bonds. The van der Waals surface area contributed by atoms with Crippen molar-refractivity contribution in [3.63, 3.8) is 0 Å². The summed E-state index contributed by atoms with van der Waals surface area (Å²) in [6.07, 6.45) is 0.884. The van der Waals surface area contributed by atoms with Crippen molar-refractivity contribution in [2.75, 3.05) is 18.5 Å². The highest BCUT2D eigenvalue weighted by atomic mass is 35.5. The van der Waals surface area contributed by atoms with Crippen LogP contribution in [0, 0.1) is 0 Å². The first kappa shape index (κ1) is 21.5. The van der Waals surface area contributed by atoms with E-state index in [4.69, 9.17) is 16.3 Å². The number of sulfone groups is 1. The number of nitrogens with zero attached hydrogens (tertiary/aromatic N) is 2. The highest BCUT2D eigenvalue weighted by Gasteiger charge is 2.23. The molecule has 0 spiro atoms. The second kappa shape index (κ2) is 9.52. The summed E-state index contributed by atoms with van der Waals surface area (Å²) < 4.78 is 31.8. The zero-order valence-corrected chi connectivity index (χ0v) is 18.0. The Kier molecular flexibility index (Phi) is 7.05. The maximum atomic E-state index is 13.1. The summed E-state index contributed by atoms with van der Waals surface area (Å²) in [6, 6.07) is 14.0. The Balaban J connectivity index is 1.88. The molecule has 0 aliphatic heterocycles. The predicted molar refractivity (Wildman–Crippen MR) is 116 cm³/mol. The molecule has 0 fully saturated rings. The molecule has 1 aromatic heterocycles. The third kappa shape index (κ3) is 5.88. The number of rotatable bonds is 9. The van der Waals surface area contributed by atoms with Gasteiger partial charge >= 0.3 is 0 Å². The highest BCUT2D eigenvalue weighted by Crippen LogP contribution is 2.25. The molecule has 0 radical (unpaired) electrons. The molecule has 3 aromatic rings. The first-order valence-corrected chi connectivity index (χ1v) is 11.5. The van der Waals surface area contributed by atoms with Crippen LogP contribution in [0.15, 0.2) is 53.6 Å². The second-order valence-corrected chi connectivity index (χ2v) is 9.29. The minimum absolute atomic E-state index is 0.0454. The Bertz CT molecular complexity index is 1070. The molecule has 0 unspecified atom stereocenters. The number of para-hydroxylation sites is 2. The van der Waals surface area contributed by atoms with Crippen LogP contribution < -0.4 is 5.32 Å². The Morgan fingerprint density at radius 1 is 1.03 bits per heavy atom. The van der Waals surface area contributed by atoms with Gasteiger partial charge in [0, 0.05) is 18.2 Å². The van der Waals surface area contributed by atoms with E-state index in [0.717, 1.165) is 6.42 Å². The summed E-state index contributed by atoms with van der Waals surface area (Å²) in [5, 5.41) is 3.64. The zero-order valence-electron chi connectivity index (χ0n) is 16.4. The van der Waals surface area contributed by atoms with Crippen molar-refractivity contribution < 1.29 is 13.2 Å². The van der Waals surface area contributed by atoms with Gasteiger partial charge in [-0.25, -0.2) is 18.4 Å². The van der Waals surface area contributed by atoms with Gasteiger partial charge in [-0.3, -0.25) is 0 Å². The molecule has 2 aromatic carbocycles. The first-order chi connectivity index (χ1) is 13.8. The quantitative estimate of drug-likeness (QED) is 0.501. The molecule has 8 heteroatoms. The molecule has 1 heterocycles. The normalized spacial score (nSPS) is 11.9. The van der Waals surface area contributed by atoms with Crippen molar-refractivity contribution in [1.82, 2.24) is 9.97 Å². The van der Waals surface area contributed by atoms with Crippen LogP contribution in [0.5, 0.6) is 0 Å². The summed E-state index contributed by atoms with van der Waals surface area (Å²) in [6.45, 7) is 5.06. The van der Waals surface area contributed by atoms with Gasteiger partial charge in [-0.05, 0) is 50.1 Å². The molecular formula is C21H24ClN3O3S. The van der Waals surface area contributed by atoms with Crippen LogP contribution in [-0.4, -0.2) is 37.6 Å². The van der Waals surface area contributed by atoms with Crippen molar-refractivity contribution >= 4 is 38.3 Å². The summed E-state index contributed by atoms with van der Waals surface area (Å²) in [5.41, 5.74) is 1.82. The maximum Gasteiger partial charge on any atom is 0.203 e. The van der Waals surface area contributed by atoms with E-state index in [9.17, 15) is 8.42 Å². The number of hydrogen-bond acceptors (Lipinski definition) is 6. The van der Waals surface area contributed by atoms with Gasteiger partial charge in [-0.15, -0.1) is 0 Å². The third-order valence-electron chi connectivity index (χ3n) is 4.17. The lowest BCUT2D eigenvalue weighted by Gasteiger charge is -2.13. The topological polar surface area (TPSA) is 81.2 Å². The molecule has 0 atom stereocenters. The van der Waals surface area contributed by atoms with Crippen LogP contribution in [0.4, 0.5) is 5.82 Å². The first-order valence-electron chi connectivity index (χ1n) is 9.44. The van der Waals surface area contributed by atoms with Gasteiger partial charge < -0.3 is 10.1 Å². The summed E-state index contributed by atoms with van der Waals surface area (Å²) in [4.78, 5) is 8.93. The van der Waals surface area contributed by atoms with Crippen LogP contribution in [0.1, 0.15) is 25.8 Å². The Labute approximate surface area is 176 Å². The van der Waals surface area contributed by atoms with Gasteiger partial charge in [-0.1, -0.05) is 35.9 Å². The van der Waals surface area contributed by atoms with Gasteiger partial charge in [0.05, 0.1) is 22.9 Å². The second-order valence-electron chi connectivity index (χ2n) is 6.95. The monoisotopic (exact) mass is 433 g/mol. The predicted octanol–water partition coefficient (Wildman–Crippen LogP) is 4.48. The molecule has 0 aliphatic rings. The highest BCUT2D eigenvalue weighted by molar-refractivity contribution is 7.90. The smallest absolute Gasteiger partial charge is 0.203 e. The lowest BCUT2D eigenvalue weighted by Crippen LogP contribution is -2.15. The fraction of sp³-hybridized carbons (Fsp3) is 0.333. The molecule has 0 saturated carbocycles. The van der Waals surface area contributed by atoms with Crippen LogP contribution in [0.25, 0.3) is 11.0 Å². The Morgan fingerprint density at radius 2 is 1.69 bits per heavy atom. The SMILES string of the molecule is CC(C)OCCCNc1nc2ccccc2nc1S(=O)(=O)Cc1ccc(Cl)cc1. The van der Waals surface area contributed by atoms with Crippen molar-refractivity contribution in [3.8, 4) is 0 Å². The molecule has 154 valence electrons. The average Bonchev–Trinajstić information content (AvgIpc) is 2.68. The summed E-state index contributed by atoms with van der Waals surface area (Å²) in [5.74, 6) is 0.0877. The van der Waals surface area contributed by atoms with E-state index in [1.807, 2.05) is 32.0 Å². The molecule has 6 nitrogen and oxygen atoms in total. The fourth-order valence-electron chi connectivity index (χ4n) is 2.78. The largest absolute Gasteiger partial charge is 0.379 e. The molecule has 0 aliphatic carbocycles. The number of hydrogen-bond donors (Lipinski definition) is 1. The van der Waals surface area contributed by atoms with Gasteiger partial charge in [-0.2, -0.15) is 0 Å². The number of fused-ring (bicyclic) bond motifs is 1. The van der Waals surface area contributed by atoms with Crippen LogP contribution in [0.3, 0.4) is 0 Å². The number of aromatic nitrogens is 2. The van der Waals surface area contributed by atoms with E-state index in [1.54, 1.807) is 30.3 Å². The summed E-state index contributed by atoms with van der Waals surface area (Å²) >= 11 is 5.90. The standard InChI is InChI=1S/C21H24ClN3O3S/c1-15(2)28-13-5-12-23-20-21(25-19-7-4-3-6-18(19)24-20)29(26,27)14-16-8-10-17(22)11-9-16/h3-4,6-11,15H,5,12-14H2,1-2H3,(H,23,24). The van der Waals surface area contributed by atoms with Gasteiger partial charge in [0.2, 0.25) is 9.84 Å². The molecular weight excluding hydrogens is 410 g/mol. The van der Waals surface area contributed by atoms with Gasteiger partial charge in [0.25, 0.3) is 0 Å². The molecule has 1 N–H and O–H groups in total. The van der Waals surface area contributed by atoms with E-state index in [1.165, 1.54) is 0 Å². The van der Waals surface area contributed by atoms with Gasteiger partial charge in [0.15, 0.2) is 10.8 Å². The minimum atomic E-state index is -3.71. The lowest BCUT2D eigenvalue weighted by atomic mass is 10.2. The van der Waals surface area contributed by atoms with E-state index in [-0.39, 0.29) is 22.7 Å². The van der Waals surface area contributed by atoms with Crippen molar-refractivity contribution in [2.45, 2.75) is 37.2 Å². The van der Waals surface area contributed by atoms with Crippen LogP contribution in [0.2, 0.25) is 5.02 Å². The van der Waals surface area contributed by atoms with Crippen molar-refractivity contribution in [1.29, 1.82) is 0 Å². The van der Waals surface area contributed by atoms with Crippen LogP contribution in [-0.2, 0) is 20.3 Å². The number of benzene rings is 2. The lowest BCUT2D eigenvalue weighted by molar-refractivity contribution is 0.0787. The zero-order chi connectivity index (χ0) is 20.9. The summed E-state index contributed by atoms with van der Waals surface area (Å²) in [7, 11) is -3.71. The average molecular weight is 434 g/mol. The molecule has 29 heavy (non-hydrogen) atoms. The van der Waals surface area contributed by atoms with E-state index < -0.39 is 9.84 Å². The molecule has 0 saturated heterocycles. The van der Waals surface area contributed by atoms with Crippen molar-refractivity contribution in [3.05, 3.63) is 59.1 Å². The molecule has 3 rings (SSSR count). The fourth-order valence-corrected chi connectivity index (χ4v) is 4.33. The number of ether oxygens (including phenoxy) is 1. The maximum absolute atomic E-state index is 13.1. The minimum Gasteiger partial charge on any atom is -0.379 e. The van der Waals surface area contributed by atoms with E-state index >= 15 is 0 Å². The Hall–Kier alpha value is -2.22. The number of nitrogens with one attached hydrogen (secondary N) is 1. The number of halogens is 1. The van der Waals surface area contributed by atoms with E-state index in [0.29, 0.717) is 34.8 Å². The van der Waals surface area contributed by atoms with E-state index in [2.05, 4.69) is 15.3 Å².